The summed E-state index contributed by atoms with van der Waals surface area (Å²) in [5, 5.41) is 15.8. The lowest BCUT2D eigenvalue weighted by molar-refractivity contribution is -0.0287. The van der Waals surface area contributed by atoms with Gasteiger partial charge in [0.05, 0.1) is 5.39 Å². The van der Waals surface area contributed by atoms with Gasteiger partial charge in [-0.15, -0.1) is 0 Å². The lowest BCUT2D eigenvalue weighted by Gasteiger charge is -2.28. The van der Waals surface area contributed by atoms with Crippen LogP contribution in [-0.4, -0.2) is 43.4 Å². The van der Waals surface area contributed by atoms with Crippen LogP contribution in [0.3, 0.4) is 0 Å². The van der Waals surface area contributed by atoms with Crippen molar-refractivity contribution >= 4 is 28.6 Å². The van der Waals surface area contributed by atoms with Crippen LogP contribution in [0.2, 0.25) is 0 Å². The number of aliphatic hydroxyl groups is 1. The van der Waals surface area contributed by atoms with Gasteiger partial charge in [-0.1, -0.05) is 11.1 Å². The predicted molar refractivity (Wildman–Crippen MR) is 90.5 cm³/mol. The number of aromatic nitrogens is 3. The molecule has 0 aromatic carbocycles. The topological polar surface area (TPSA) is 162 Å². The maximum atomic E-state index is 12.0. The molecule has 0 saturated carbocycles. The number of halogens is 1. The van der Waals surface area contributed by atoms with Crippen molar-refractivity contribution in [3.05, 3.63) is 27.5 Å². The second kappa shape index (κ2) is 6.12. The predicted octanol–water partition coefficient (Wildman–Crippen LogP) is -0.383. The summed E-state index contributed by atoms with van der Waals surface area (Å²) in [6.07, 6.45) is -1.94. The second-order valence-corrected chi connectivity index (χ2v) is 6.00. The van der Waals surface area contributed by atoms with Crippen LogP contribution in [0, 0.1) is 16.2 Å². The highest BCUT2D eigenvalue weighted by Crippen LogP contribution is 2.39. The monoisotopic (exact) mass is 366 g/mol. The number of nitroso groups, excluding NO2 is 1. The van der Waals surface area contributed by atoms with E-state index in [1.165, 1.54) is 23.8 Å². The van der Waals surface area contributed by atoms with Gasteiger partial charge in [-0.05, 0) is 24.6 Å². The summed E-state index contributed by atoms with van der Waals surface area (Å²) < 4.78 is 7.19. The summed E-state index contributed by atoms with van der Waals surface area (Å²) in [6.45, 7) is 1.48. The molecule has 2 aromatic rings. The highest BCUT2D eigenvalue weighted by molar-refractivity contribution is 6.30. The first-order valence-corrected chi connectivity index (χ1v) is 7.65. The van der Waals surface area contributed by atoms with Crippen LogP contribution in [-0.2, 0) is 4.74 Å². The number of aromatic amines is 1. The number of aliphatic hydroxyl groups excluding tert-OH is 1. The minimum absolute atomic E-state index is 0.0958. The van der Waals surface area contributed by atoms with E-state index in [1.54, 1.807) is 0 Å². The molecule has 0 bridgehead atoms. The van der Waals surface area contributed by atoms with E-state index < -0.39 is 35.6 Å². The molecule has 1 saturated heterocycles. The SMILES string of the molecule is C[C@H](N=O)[C@H]1O[C@@H](n2ccc3c(=O)[nH]c(N)nc32)[C@@](N)(C#CCl)C1O. The quantitative estimate of drug-likeness (QED) is 0.425. The Bertz CT molecular complexity index is 946. The van der Waals surface area contributed by atoms with Gasteiger partial charge in [0.2, 0.25) is 5.95 Å². The third-order valence-corrected chi connectivity index (χ3v) is 4.35. The lowest BCUT2D eigenvalue weighted by atomic mass is 9.90. The number of anilines is 1. The van der Waals surface area contributed by atoms with E-state index in [0.29, 0.717) is 0 Å². The van der Waals surface area contributed by atoms with Crippen LogP contribution < -0.4 is 17.0 Å². The molecular weight excluding hydrogens is 352 g/mol. The molecule has 2 aromatic heterocycles. The Morgan fingerprint density at radius 2 is 2.36 bits per heavy atom. The first-order valence-electron chi connectivity index (χ1n) is 7.27. The van der Waals surface area contributed by atoms with Crippen LogP contribution >= 0.6 is 11.6 Å². The number of nitrogens with one attached hydrogen (secondary N) is 1. The van der Waals surface area contributed by atoms with Gasteiger partial charge in [0, 0.05) is 11.6 Å². The van der Waals surface area contributed by atoms with E-state index in [0.717, 1.165) is 0 Å². The van der Waals surface area contributed by atoms with Crippen molar-refractivity contribution in [2.45, 2.75) is 36.9 Å². The van der Waals surface area contributed by atoms with Crippen LogP contribution in [0.1, 0.15) is 13.2 Å². The maximum absolute atomic E-state index is 12.0. The number of H-pyrrole nitrogens is 1. The average molecular weight is 367 g/mol. The Kier molecular flexibility index (Phi) is 4.26. The van der Waals surface area contributed by atoms with Crippen LogP contribution in [0.5, 0.6) is 0 Å². The fourth-order valence-electron chi connectivity index (χ4n) is 2.95. The fourth-order valence-corrected chi connectivity index (χ4v) is 3.12. The van der Waals surface area contributed by atoms with E-state index in [2.05, 4.69) is 26.4 Å². The molecule has 1 aliphatic heterocycles. The molecule has 1 fully saturated rings. The molecule has 11 heteroatoms. The fraction of sp³-hybridized carbons (Fsp3) is 0.429. The lowest BCUT2D eigenvalue weighted by Crippen LogP contribution is -2.54. The largest absolute Gasteiger partial charge is 0.387 e. The summed E-state index contributed by atoms with van der Waals surface area (Å²) in [6, 6.07) is 0.614. The van der Waals surface area contributed by atoms with Crippen molar-refractivity contribution in [2.75, 3.05) is 5.73 Å². The molecule has 0 spiro atoms. The van der Waals surface area contributed by atoms with E-state index in [1.807, 2.05) is 0 Å². The number of fused-ring (bicyclic) bond motifs is 1. The molecule has 5 atom stereocenters. The molecule has 6 N–H and O–H groups in total. The standard InChI is InChI=1S/C14H15ClN6O4/c1-6(20-24)8-9(22)14(17,3-4-15)12(25-8)21-5-2-7-10(21)18-13(16)19-11(7)23/h2,5-6,8-9,12,22H,17H2,1H3,(H3,16,18,19,23)/t6-,8+,9?,12+,14+/m0/s1. The van der Waals surface area contributed by atoms with Crippen LogP contribution in [0.25, 0.3) is 11.0 Å². The molecule has 0 radical (unpaired) electrons. The molecular formula is C14H15ClN6O4. The van der Waals surface area contributed by atoms with Crippen molar-refractivity contribution in [1.82, 2.24) is 14.5 Å². The Morgan fingerprint density at radius 1 is 1.64 bits per heavy atom. The Morgan fingerprint density at radius 3 is 3.00 bits per heavy atom. The summed E-state index contributed by atoms with van der Waals surface area (Å²) in [5.41, 5.74) is 9.95. The van der Waals surface area contributed by atoms with Crippen molar-refractivity contribution in [1.29, 1.82) is 0 Å². The van der Waals surface area contributed by atoms with Crippen LogP contribution in [0.4, 0.5) is 5.95 Å². The third kappa shape index (κ3) is 2.58. The molecule has 3 rings (SSSR count). The minimum atomic E-state index is -1.66. The normalized spacial score (nSPS) is 30.0. The number of hydrogen-bond acceptors (Lipinski definition) is 8. The zero-order valence-corrected chi connectivity index (χ0v) is 13.8. The van der Waals surface area contributed by atoms with Gasteiger partial charge in [0.1, 0.15) is 18.2 Å². The highest BCUT2D eigenvalue weighted by atomic mass is 35.5. The molecule has 1 aliphatic rings. The van der Waals surface area contributed by atoms with Crippen molar-refractivity contribution in [3.63, 3.8) is 0 Å². The van der Waals surface area contributed by atoms with Gasteiger partial charge >= 0.3 is 0 Å². The number of hydrogen-bond donors (Lipinski definition) is 4. The number of rotatable bonds is 3. The Balaban J connectivity index is 2.19. The van der Waals surface area contributed by atoms with Crippen molar-refractivity contribution in [3.8, 4) is 11.3 Å². The van der Waals surface area contributed by atoms with Crippen molar-refractivity contribution in [2.24, 2.45) is 10.9 Å². The van der Waals surface area contributed by atoms with Gasteiger partial charge in [-0.3, -0.25) is 9.78 Å². The average Bonchev–Trinajstić information content (AvgIpc) is 3.08. The van der Waals surface area contributed by atoms with Gasteiger partial charge < -0.3 is 25.9 Å². The molecule has 0 aliphatic carbocycles. The first kappa shape index (κ1) is 17.4. The summed E-state index contributed by atoms with van der Waals surface area (Å²) in [5.74, 6) is 2.42. The third-order valence-electron chi connectivity index (χ3n) is 4.25. The second-order valence-electron chi connectivity index (χ2n) is 5.81. The maximum Gasteiger partial charge on any atom is 0.261 e. The zero-order chi connectivity index (χ0) is 18.4. The highest BCUT2D eigenvalue weighted by Gasteiger charge is 2.56. The molecule has 1 unspecified atom stereocenters. The molecule has 25 heavy (non-hydrogen) atoms. The number of nitrogen functional groups attached to an aromatic ring is 1. The summed E-state index contributed by atoms with van der Waals surface area (Å²) in [4.78, 5) is 29.3. The van der Waals surface area contributed by atoms with E-state index >= 15 is 0 Å². The van der Waals surface area contributed by atoms with Gasteiger partial charge in [-0.2, -0.15) is 9.89 Å². The number of nitrogens with zero attached hydrogens (tertiary/aromatic N) is 3. The summed E-state index contributed by atoms with van der Waals surface area (Å²) >= 11 is 5.50. The molecule has 10 nitrogen and oxygen atoms in total. The molecule has 3 heterocycles. The summed E-state index contributed by atoms with van der Waals surface area (Å²) in [7, 11) is 0. The zero-order valence-electron chi connectivity index (χ0n) is 13.0. The van der Waals surface area contributed by atoms with Gasteiger partial charge in [0.15, 0.2) is 17.4 Å². The Labute approximate surface area is 146 Å². The first-order chi connectivity index (χ1) is 11.8. The molecule has 132 valence electrons. The number of ether oxygens (including phenoxy) is 1. The number of nitrogens with two attached hydrogens (primary N) is 2. The Hall–Kier alpha value is -2.45. The van der Waals surface area contributed by atoms with Gasteiger partial charge in [-0.25, -0.2) is 0 Å². The van der Waals surface area contributed by atoms with Gasteiger partial charge in [0.25, 0.3) is 5.56 Å². The minimum Gasteiger partial charge on any atom is -0.387 e. The van der Waals surface area contributed by atoms with Crippen LogP contribution in [0.15, 0.2) is 22.2 Å². The van der Waals surface area contributed by atoms with E-state index in [9.17, 15) is 14.8 Å². The van der Waals surface area contributed by atoms with Crippen molar-refractivity contribution < 1.29 is 9.84 Å². The molecule has 0 amide bonds. The van der Waals surface area contributed by atoms with E-state index in [4.69, 9.17) is 27.8 Å². The van der Waals surface area contributed by atoms with E-state index in [-0.39, 0.29) is 17.0 Å². The smallest absolute Gasteiger partial charge is 0.261 e.